The number of nitrogens with one attached hydrogen (secondary N) is 1. The van der Waals surface area contributed by atoms with Crippen LogP contribution in [0.5, 0.6) is 17.2 Å². The average molecular weight is 1440 g/mol. The van der Waals surface area contributed by atoms with E-state index in [4.69, 9.17) is 14.2 Å². The van der Waals surface area contributed by atoms with Gasteiger partial charge in [0.05, 0.1) is 55.8 Å². The van der Waals surface area contributed by atoms with Crippen LogP contribution in [0.4, 0.5) is 11.4 Å². The van der Waals surface area contributed by atoms with Gasteiger partial charge in [-0.25, -0.2) is 0 Å². The van der Waals surface area contributed by atoms with E-state index in [0.717, 1.165) is 45.5 Å². The van der Waals surface area contributed by atoms with Gasteiger partial charge in [-0.3, -0.25) is 39.2 Å². The molecule has 0 radical (unpaired) electrons. The van der Waals surface area contributed by atoms with Gasteiger partial charge < -0.3 is 49.2 Å². The molecule has 12 atom stereocenters. The largest absolute Gasteiger partial charge is 0.483 e. The number of allylic oxidation sites excluding steroid dienone is 1. The van der Waals surface area contributed by atoms with Crippen molar-refractivity contribution in [2.45, 2.75) is 235 Å². The van der Waals surface area contributed by atoms with Crippen LogP contribution in [0.25, 0.3) is 34.7 Å². The molecule has 7 spiro atoms. The molecule has 4 aliphatic carbocycles. The van der Waals surface area contributed by atoms with Crippen molar-refractivity contribution >= 4 is 92.8 Å². The van der Waals surface area contributed by atoms with Gasteiger partial charge in [-0.2, -0.15) is 4.73 Å². The molecule has 3 aromatic carbocycles. The van der Waals surface area contributed by atoms with Gasteiger partial charge in [-0.1, -0.05) is 34.6 Å². The number of Topliss-reactive ketones (excluding diaryl/α,β-unsaturated/α-hetero) is 1. The van der Waals surface area contributed by atoms with Crippen molar-refractivity contribution in [2.24, 2.45) is 34.0 Å². The maximum absolute atomic E-state index is 16.8. The molecule has 4 N–H and O–H groups in total. The molecule has 554 valence electrons. The van der Waals surface area contributed by atoms with Crippen LogP contribution in [-0.4, -0.2) is 191 Å². The molecule has 4 aromatic rings. The zero-order valence-electron chi connectivity index (χ0n) is 63.8. The summed E-state index contributed by atoms with van der Waals surface area (Å²) in [6.45, 7) is 36.3. The van der Waals surface area contributed by atoms with Gasteiger partial charge in [0.1, 0.15) is 67.2 Å². The molecule has 25 rings (SSSR count). The average Bonchev–Trinajstić information content (AvgIpc) is 1.41. The van der Waals surface area contributed by atoms with Gasteiger partial charge in [0.2, 0.25) is 35.1 Å². The number of ketones is 1. The number of ether oxygens (including phenoxy) is 3. The first-order valence-electron chi connectivity index (χ1n) is 39.2. The summed E-state index contributed by atoms with van der Waals surface area (Å²) in [6, 6.07) is 10.8. The third-order valence-corrected chi connectivity index (χ3v) is 30.7. The van der Waals surface area contributed by atoms with E-state index in [1.807, 2.05) is 140 Å². The second-order valence-corrected chi connectivity index (χ2v) is 37.7. The molecule has 6 bridgehead atoms. The zero-order chi connectivity index (χ0) is 74.6. The van der Waals surface area contributed by atoms with Crippen molar-refractivity contribution in [1.82, 2.24) is 34.5 Å². The Morgan fingerprint density at radius 1 is 0.575 bits per heavy atom. The van der Waals surface area contributed by atoms with E-state index in [-0.39, 0.29) is 47.7 Å². The summed E-state index contributed by atoms with van der Waals surface area (Å²) in [6.07, 6.45) is 19.3. The lowest BCUT2D eigenvalue weighted by Crippen LogP contribution is -2.87. The molecule has 12 saturated heterocycles. The lowest BCUT2D eigenvalue weighted by Gasteiger charge is -2.70. The third-order valence-electron chi connectivity index (χ3n) is 30.7. The van der Waals surface area contributed by atoms with E-state index in [9.17, 15) is 25.2 Å². The van der Waals surface area contributed by atoms with Gasteiger partial charge in [0.25, 0.3) is 17.3 Å². The summed E-state index contributed by atoms with van der Waals surface area (Å²) in [7, 11) is 0. The van der Waals surface area contributed by atoms with Gasteiger partial charge in [0.15, 0.2) is 5.78 Å². The third kappa shape index (κ3) is 7.06. The molecule has 17 aliphatic heterocycles. The Labute approximate surface area is 618 Å². The van der Waals surface area contributed by atoms with E-state index in [1.165, 1.54) is 33.8 Å². The van der Waals surface area contributed by atoms with E-state index in [2.05, 4.69) is 72.5 Å². The predicted molar refractivity (Wildman–Crippen MR) is 395 cm³/mol. The number of piperidine rings is 6. The normalized spacial score (nSPS) is 37.1. The number of aromatic nitrogens is 1. The summed E-state index contributed by atoms with van der Waals surface area (Å²) in [5, 5.41) is 42.2. The van der Waals surface area contributed by atoms with Gasteiger partial charge >= 0.3 is 0 Å². The molecule has 21 nitrogen and oxygen atoms in total. The fraction of sp³-hybridized carbons (Fsp3) is 0.576. The van der Waals surface area contributed by atoms with Gasteiger partial charge in [0, 0.05) is 75.2 Å². The summed E-state index contributed by atoms with van der Waals surface area (Å²) in [5.74, 6) is -0.518. The highest BCUT2D eigenvalue weighted by molar-refractivity contribution is 6.30. The molecule has 21 aliphatic rings. The Bertz CT molecular complexity index is 5110. The number of piperazine rings is 2. The highest BCUT2D eigenvalue weighted by Gasteiger charge is 2.96. The van der Waals surface area contributed by atoms with Crippen molar-refractivity contribution < 1.29 is 68.1 Å². The molecule has 18 heterocycles. The Morgan fingerprint density at radius 3 is 1.74 bits per heavy atom. The Kier molecular flexibility index (Phi) is 12.4. The fourth-order valence-corrected chi connectivity index (χ4v) is 26.7. The minimum atomic E-state index is -1.58. The summed E-state index contributed by atoms with van der Waals surface area (Å²) in [5.41, 5.74) is -3.44. The summed E-state index contributed by atoms with van der Waals surface area (Å²) < 4.78 is 23.3. The number of hydrogen-bond donors (Lipinski definition) is 4. The minimum absolute atomic E-state index is 0.00338. The molecule has 5 amide bonds. The number of amides is 5. The van der Waals surface area contributed by atoms with E-state index in [1.54, 1.807) is 0 Å². The maximum atomic E-state index is 16.8. The lowest BCUT2D eigenvalue weighted by atomic mass is 9.35. The quantitative estimate of drug-likeness (QED) is 0.0851. The Balaban J connectivity index is 0.000000154. The van der Waals surface area contributed by atoms with Crippen molar-refractivity contribution in [3.63, 3.8) is 0 Å². The first-order chi connectivity index (χ1) is 50.0. The van der Waals surface area contributed by atoms with E-state index >= 15 is 19.2 Å². The highest BCUT2D eigenvalue weighted by atomic mass is 16.5. The molecule has 8 unspecified atom stereocenters. The van der Waals surface area contributed by atoms with Gasteiger partial charge in [-0.05, 0) is 237 Å². The van der Waals surface area contributed by atoms with Crippen LogP contribution in [0.3, 0.4) is 0 Å². The molecule has 14 fully saturated rings. The molecule has 1 aromatic heterocycles. The smallest absolute Gasteiger partial charge is 0.276 e. The molecule has 21 heteroatoms. The number of fused-ring (bicyclic) bond motifs is 16. The van der Waals surface area contributed by atoms with E-state index < -0.39 is 95.4 Å². The standard InChI is InChI=1S/C53H56N5O8.C26H27N3O4.C6H15N/c1-45(2)19-15-26-30(65-45)13-11-28-35-38-52-29-12-14-31-27(16-20-46(3,4)66-31)37(29)58(64)40(52)48(7,8)32-23-49-17-9-21-54(49)43(61)51(32,25-34(49)59)41(52)56-42(60)50-18-10-22-55(50)44(62)53(38,56)33(24-50)47(5,6)39(35)57(63)36(26)28;1-23(2)10-8-15-17(33-23)7-6-14-16-12-26-18(24(3,4)20(16)29(32)19(14)15)13-25(21(30)27-26)9-5-11-28(25)22(26)31;1-4-7(5-2)6-3/h11-16,19-20,32-33,38,41,63-64H,9-10,17-18,21-25H2,1-8H3;6-8,10,12,18H,5,9,11,13H2,1-4H3,(H-,27,30,32);4-6H2,1-3H3/q+1;;/p+1/t32-,33?,38-,41?,49?,50?,51?,52?,53+;18?,25?,26-;/m11./s1. The molecule has 2 saturated carbocycles. The SMILES string of the molecule is CC1(C)C=Cc2c(ccc3c2[N+](O)=C2C(C)(C)[C@H]4CC56CCCN5C(=O)C4(CC6=O)C4N5C(=O)C67CCCN6C(=O)[C@@]56C(C7)C(C)(C)c5c(c7ccc8c(c7n5O)C=CC(C)(C)O8)[C@@H]6C234)O1.CC1(C)C=Cc2c(ccc3c2[N+](O)=C2C3=C[C@]34NC(=O)C5(CCCN5C3=O)CC4C2(C)C)O1.CCN(CC)CC. The lowest BCUT2D eigenvalue weighted by molar-refractivity contribution is -0.714. The number of nitrogens with zero attached hydrogens (tertiary/aromatic N) is 8. The van der Waals surface area contributed by atoms with Crippen LogP contribution in [0.1, 0.15) is 213 Å². The summed E-state index contributed by atoms with van der Waals surface area (Å²) >= 11 is 0. The molecular weight excluding hydrogens is 1340 g/mol. The monoisotopic (exact) mass is 1440 g/mol. The second kappa shape index (κ2) is 19.8. The first kappa shape index (κ1) is 66.7. The number of hydrogen-bond acceptors (Lipinski definition) is 13. The van der Waals surface area contributed by atoms with Crippen LogP contribution < -0.4 is 19.5 Å². The van der Waals surface area contributed by atoms with Crippen LogP contribution in [-0.2, 0) is 39.6 Å². The van der Waals surface area contributed by atoms with Crippen LogP contribution in [0.15, 0.2) is 60.7 Å². The number of rotatable bonds is 3. The van der Waals surface area contributed by atoms with E-state index in [0.29, 0.717) is 127 Å². The number of carbonyl (C=O) groups is 6. The number of carbonyl (C=O) groups excluding carboxylic acids is 6. The van der Waals surface area contributed by atoms with Crippen LogP contribution >= 0.6 is 0 Å². The van der Waals surface area contributed by atoms with Crippen LogP contribution in [0, 0.1) is 34.0 Å². The maximum Gasteiger partial charge on any atom is 0.276 e. The minimum Gasteiger partial charge on any atom is -0.483 e. The highest BCUT2D eigenvalue weighted by Crippen LogP contribution is 2.83. The molecule has 106 heavy (non-hydrogen) atoms. The predicted octanol–water partition coefficient (Wildman–Crippen LogP) is 11.2. The topological polar surface area (TPSA) is 230 Å². The molecular formula is C85H99N9O12+2. The second-order valence-electron chi connectivity index (χ2n) is 37.7. The zero-order valence-corrected chi connectivity index (χ0v) is 63.8. The Hall–Kier alpha value is -8.72. The van der Waals surface area contributed by atoms with Crippen molar-refractivity contribution in [3.05, 3.63) is 99.8 Å². The van der Waals surface area contributed by atoms with Crippen molar-refractivity contribution in [3.8, 4) is 17.2 Å². The van der Waals surface area contributed by atoms with Crippen molar-refractivity contribution in [2.75, 3.05) is 39.3 Å². The van der Waals surface area contributed by atoms with Crippen molar-refractivity contribution in [1.29, 1.82) is 0 Å². The first-order valence-corrected chi connectivity index (χ1v) is 39.2. The number of benzene rings is 3. The Morgan fingerprint density at radius 2 is 1.11 bits per heavy atom. The van der Waals surface area contributed by atoms with Crippen LogP contribution in [0.2, 0.25) is 0 Å². The fourth-order valence-electron chi connectivity index (χ4n) is 26.7. The summed E-state index contributed by atoms with van der Waals surface area (Å²) in [4.78, 5) is 102. The van der Waals surface area contributed by atoms with Gasteiger partial charge in [-0.15, -0.1) is 0 Å².